The second-order valence-electron chi connectivity index (χ2n) is 6.54. The van der Waals surface area contributed by atoms with E-state index >= 15 is 0 Å². The van der Waals surface area contributed by atoms with Gasteiger partial charge in [0.15, 0.2) is 0 Å². The van der Waals surface area contributed by atoms with Gasteiger partial charge < -0.3 is 9.73 Å². The van der Waals surface area contributed by atoms with Gasteiger partial charge in [-0.25, -0.2) is 4.39 Å². The molecule has 27 heavy (non-hydrogen) atoms. The molecule has 0 spiro atoms. The van der Waals surface area contributed by atoms with Crippen LogP contribution in [-0.2, 0) is 0 Å². The van der Waals surface area contributed by atoms with E-state index < -0.39 is 11.7 Å². The maximum atomic E-state index is 13.3. The van der Waals surface area contributed by atoms with E-state index in [0.717, 1.165) is 17.2 Å². The molecule has 0 aliphatic heterocycles. The van der Waals surface area contributed by atoms with Crippen molar-refractivity contribution in [3.05, 3.63) is 87.3 Å². The SMILES string of the molecule is Cc1cc2oc3cc(NC(=O)c4cccc(F)c4)ccc3c(=O)c2cc1C. The zero-order valence-electron chi connectivity index (χ0n) is 14.8. The lowest BCUT2D eigenvalue weighted by Crippen LogP contribution is -2.12. The van der Waals surface area contributed by atoms with Crippen LogP contribution < -0.4 is 10.7 Å². The van der Waals surface area contributed by atoms with Crippen LogP contribution in [0.15, 0.2) is 63.8 Å². The third kappa shape index (κ3) is 3.08. The van der Waals surface area contributed by atoms with Crippen LogP contribution in [0.4, 0.5) is 10.1 Å². The number of carbonyl (C=O) groups is 1. The first-order chi connectivity index (χ1) is 12.9. The smallest absolute Gasteiger partial charge is 0.255 e. The van der Waals surface area contributed by atoms with Gasteiger partial charge in [0.25, 0.3) is 5.91 Å². The summed E-state index contributed by atoms with van der Waals surface area (Å²) in [5.41, 5.74) is 3.49. The van der Waals surface area contributed by atoms with Crippen LogP contribution in [0.5, 0.6) is 0 Å². The van der Waals surface area contributed by atoms with Gasteiger partial charge >= 0.3 is 0 Å². The van der Waals surface area contributed by atoms with E-state index in [0.29, 0.717) is 27.6 Å². The summed E-state index contributed by atoms with van der Waals surface area (Å²) in [6.07, 6.45) is 0. The standard InChI is InChI=1S/C22H16FNO3/c1-12-8-18-19(9-13(12)2)27-20-11-16(6-7-17(20)21(18)25)24-22(26)14-4-3-5-15(23)10-14/h3-11H,1-2H3,(H,24,26). The Kier molecular flexibility index (Phi) is 4.00. The minimum absolute atomic E-state index is 0.114. The fourth-order valence-electron chi connectivity index (χ4n) is 3.02. The number of nitrogens with one attached hydrogen (secondary N) is 1. The van der Waals surface area contributed by atoms with E-state index in [4.69, 9.17) is 4.42 Å². The molecule has 134 valence electrons. The van der Waals surface area contributed by atoms with E-state index in [1.165, 1.54) is 18.2 Å². The summed E-state index contributed by atoms with van der Waals surface area (Å²) >= 11 is 0. The molecular weight excluding hydrogens is 345 g/mol. The summed E-state index contributed by atoms with van der Waals surface area (Å²) in [6.45, 7) is 3.90. The van der Waals surface area contributed by atoms with Crippen molar-refractivity contribution in [2.45, 2.75) is 13.8 Å². The van der Waals surface area contributed by atoms with E-state index in [2.05, 4.69) is 5.32 Å². The molecule has 0 saturated heterocycles. The molecule has 1 aromatic heterocycles. The normalized spacial score (nSPS) is 11.1. The van der Waals surface area contributed by atoms with Crippen LogP contribution in [0.25, 0.3) is 21.9 Å². The van der Waals surface area contributed by atoms with Gasteiger partial charge in [-0.1, -0.05) is 6.07 Å². The van der Waals surface area contributed by atoms with Crippen LogP contribution in [0.1, 0.15) is 21.5 Å². The monoisotopic (exact) mass is 361 g/mol. The fraction of sp³-hybridized carbons (Fsp3) is 0.0909. The average molecular weight is 361 g/mol. The van der Waals surface area contributed by atoms with Crippen molar-refractivity contribution in [1.82, 2.24) is 0 Å². The lowest BCUT2D eigenvalue weighted by atomic mass is 10.1. The molecule has 0 saturated carbocycles. The van der Waals surface area contributed by atoms with Gasteiger partial charge in [-0.15, -0.1) is 0 Å². The molecule has 0 bridgehead atoms. The largest absolute Gasteiger partial charge is 0.456 e. The number of aryl methyl sites for hydroxylation is 2. The van der Waals surface area contributed by atoms with E-state index in [1.807, 2.05) is 26.0 Å². The molecule has 0 unspecified atom stereocenters. The lowest BCUT2D eigenvalue weighted by molar-refractivity contribution is 0.102. The number of rotatable bonds is 2. The highest BCUT2D eigenvalue weighted by molar-refractivity contribution is 6.05. The summed E-state index contributed by atoms with van der Waals surface area (Å²) in [6, 6.07) is 14.0. The Bertz CT molecular complexity index is 1270. The molecule has 4 nitrogen and oxygen atoms in total. The summed E-state index contributed by atoms with van der Waals surface area (Å²) in [5.74, 6) is -0.923. The van der Waals surface area contributed by atoms with Crippen molar-refractivity contribution in [3.8, 4) is 0 Å². The highest BCUT2D eigenvalue weighted by Crippen LogP contribution is 2.24. The first-order valence-corrected chi connectivity index (χ1v) is 8.47. The molecule has 3 aromatic carbocycles. The highest BCUT2D eigenvalue weighted by Gasteiger charge is 2.12. The van der Waals surface area contributed by atoms with Crippen LogP contribution in [-0.4, -0.2) is 5.91 Å². The zero-order chi connectivity index (χ0) is 19.1. The summed E-state index contributed by atoms with van der Waals surface area (Å²) in [5, 5.41) is 3.67. The quantitative estimate of drug-likeness (QED) is 0.514. The Morgan fingerprint density at radius 1 is 0.926 bits per heavy atom. The molecule has 1 heterocycles. The topological polar surface area (TPSA) is 59.3 Å². The molecule has 4 rings (SSSR count). The molecule has 4 aromatic rings. The number of hydrogen-bond donors (Lipinski definition) is 1. The Morgan fingerprint density at radius 2 is 1.67 bits per heavy atom. The molecule has 1 N–H and O–H groups in total. The van der Waals surface area contributed by atoms with Gasteiger partial charge in [-0.3, -0.25) is 9.59 Å². The number of halogens is 1. The van der Waals surface area contributed by atoms with Crippen molar-refractivity contribution in [3.63, 3.8) is 0 Å². The molecule has 5 heteroatoms. The summed E-state index contributed by atoms with van der Waals surface area (Å²) < 4.78 is 19.2. The van der Waals surface area contributed by atoms with Crippen LogP contribution in [0, 0.1) is 19.7 Å². The van der Waals surface area contributed by atoms with Gasteiger partial charge in [-0.05, 0) is 67.4 Å². The third-order valence-corrected chi connectivity index (χ3v) is 4.63. The van der Waals surface area contributed by atoms with Gasteiger partial charge in [-0.2, -0.15) is 0 Å². The highest BCUT2D eigenvalue weighted by atomic mass is 19.1. The molecule has 1 amide bonds. The van der Waals surface area contributed by atoms with Crippen LogP contribution in [0.2, 0.25) is 0 Å². The van der Waals surface area contributed by atoms with Crippen molar-refractivity contribution in [2.75, 3.05) is 5.32 Å². The van der Waals surface area contributed by atoms with Gasteiger partial charge in [0.05, 0.1) is 10.8 Å². The molecule has 0 radical (unpaired) electrons. The first-order valence-electron chi connectivity index (χ1n) is 8.47. The van der Waals surface area contributed by atoms with Gasteiger partial charge in [0.2, 0.25) is 5.43 Å². The Labute approximate surface area is 154 Å². The fourth-order valence-corrected chi connectivity index (χ4v) is 3.02. The lowest BCUT2D eigenvalue weighted by Gasteiger charge is -2.08. The minimum Gasteiger partial charge on any atom is -0.456 e. The number of amides is 1. The number of hydrogen-bond acceptors (Lipinski definition) is 3. The van der Waals surface area contributed by atoms with Crippen molar-refractivity contribution < 1.29 is 13.6 Å². The molecule has 0 aliphatic carbocycles. The first kappa shape index (κ1) is 17.0. The van der Waals surface area contributed by atoms with Gasteiger partial charge in [0, 0.05) is 17.3 Å². The predicted octanol–water partition coefficient (Wildman–Crippen LogP) is 4.95. The molecule has 0 fully saturated rings. The second kappa shape index (κ2) is 6.36. The minimum atomic E-state index is -0.482. The van der Waals surface area contributed by atoms with Crippen LogP contribution in [0.3, 0.4) is 0 Å². The van der Waals surface area contributed by atoms with Crippen molar-refractivity contribution >= 4 is 33.5 Å². The molecule has 0 aliphatic rings. The average Bonchev–Trinajstić information content (AvgIpc) is 2.63. The van der Waals surface area contributed by atoms with E-state index in [1.54, 1.807) is 18.2 Å². The third-order valence-electron chi connectivity index (χ3n) is 4.63. The van der Waals surface area contributed by atoms with Crippen LogP contribution >= 0.6 is 0 Å². The van der Waals surface area contributed by atoms with Gasteiger partial charge in [0.1, 0.15) is 17.0 Å². The summed E-state index contributed by atoms with van der Waals surface area (Å²) in [7, 11) is 0. The molecular formula is C22H16FNO3. The maximum absolute atomic E-state index is 13.3. The number of anilines is 1. The number of fused-ring (bicyclic) bond motifs is 2. The zero-order valence-corrected chi connectivity index (χ0v) is 14.8. The Balaban J connectivity index is 1.78. The van der Waals surface area contributed by atoms with Crippen molar-refractivity contribution in [1.29, 1.82) is 0 Å². The number of benzene rings is 3. The van der Waals surface area contributed by atoms with Crippen molar-refractivity contribution in [2.24, 2.45) is 0 Å². The Morgan fingerprint density at radius 3 is 2.44 bits per heavy atom. The molecule has 0 atom stereocenters. The Hall–Kier alpha value is -3.47. The van der Waals surface area contributed by atoms with E-state index in [-0.39, 0.29) is 11.0 Å². The predicted molar refractivity (Wildman–Crippen MR) is 104 cm³/mol. The second-order valence-corrected chi connectivity index (χ2v) is 6.54. The summed E-state index contributed by atoms with van der Waals surface area (Å²) in [4.78, 5) is 25.0. The van der Waals surface area contributed by atoms with E-state index in [9.17, 15) is 14.0 Å². The maximum Gasteiger partial charge on any atom is 0.255 e. The number of carbonyl (C=O) groups excluding carboxylic acids is 1.